The van der Waals surface area contributed by atoms with Gasteiger partial charge in [-0.15, -0.1) is 0 Å². The van der Waals surface area contributed by atoms with Crippen LogP contribution in [0.15, 0.2) is 47.5 Å². The van der Waals surface area contributed by atoms with E-state index in [9.17, 15) is 12.8 Å². The third-order valence-electron chi connectivity index (χ3n) is 5.94. The summed E-state index contributed by atoms with van der Waals surface area (Å²) in [5.41, 5.74) is 0.680. The summed E-state index contributed by atoms with van der Waals surface area (Å²) in [5.74, 6) is 0.544. The van der Waals surface area contributed by atoms with Gasteiger partial charge in [0.2, 0.25) is 0 Å². The minimum Gasteiger partial charge on any atom is -0.354 e. The summed E-state index contributed by atoms with van der Waals surface area (Å²) in [4.78, 5) is 8.85. The zero-order chi connectivity index (χ0) is 20.4. The molecule has 2 aliphatic rings. The summed E-state index contributed by atoms with van der Waals surface area (Å²) < 4.78 is 41.8. The van der Waals surface area contributed by atoms with Crippen LogP contribution in [-0.4, -0.2) is 68.9 Å². The van der Waals surface area contributed by atoms with Crippen molar-refractivity contribution < 1.29 is 12.8 Å². The van der Waals surface area contributed by atoms with E-state index in [1.165, 1.54) is 10.4 Å². The predicted molar refractivity (Wildman–Crippen MR) is 111 cm³/mol. The highest BCUT2D eigenvalue weighted by Crippen LogP contribution is 2.32. The van der Waals surface area contributed by atoms with Crippen molar-refractivity contribution in [2.45, 2.75) is 23.8 Å². The van der Waals surface area contributed by atoms with Crippen LogP contribution < -0.4 is 4.90 Å². The Morgan fingerprint density at radius 2 is 1.62 bits per heavy atom. The number of hydrogen-bond acceptors (Lipinski definition) is 5. The number of likely N-dealkylation sites (N-methyl/N-ethyl adjacent to an activating group) is 1. The van der Waals surface area contributed by atoms with Crippen LogP contribution in [0.4, 0.5) is 10.2 Å². The van der Waals surface area contributed by atoms with E-state index in [1.54, 1.807) is 24.3 Å². The van der Waals surface area contributed by atoms with Crippen LogP contribution in [0.1, 0.15) is 24.3 Å². The van der Waals surface area contributed by atoms with Gasteiger partial charge in [0.1, 0.15) is 11.6 Å². The molecule has 6 nitrogen and oxygen atoms in total. The van der Waals surface area contributed by atoms with Crippen molar-refractivity contribution in [1.29, 1.82) is 0 Å². The summed E-state index contributed by atoms with van der Waals surface area (Å²) in [6.45, 7) is 4.29. The quantitative estimate of drug-likeness (QED) is 0.764. The highest BCUT2D eigenvalue weighted by Gasteiger charge is 2.32. The predicted octanol–water partition coefficient (Wildman–Crippen LogP) is 2.54. The van der Waals surface area contributed by atoms with Gasteiger partial charge < -0.3 is 9.80 Å². The number of pyridine rings is 1. The molecule has 0 radical (unpaired) electrons. The highest BCUT2D eigenvalue weighted by atomic mass is 32.2. The molecule has 0 bridgehead atoms. The molecule has 0 amide bonds. The minimum atomic E-state index is -3.66. The SMILES string of the molecule is CN1CCN(c2cccc(S(=O)(=O)N3CCC(c4ccccc4F)CC3)n2)CC1. The molecule has 2 saturated heterocycles. The number of benzene rings is 1. The van der Waals surface area contributed by atoms with E-state index >= 15 is 0 Å². The van der Waals surface area contributed by atoms with E-state index in [2.05, 4.69) is 21.8 Å². The van der Waals surface area contributed by atoms with Gasteiger partial charge in [-0.05, 0) is 49.6 Å². The molecule has 2 fully saturated rings. The average molecular weight is 419 g/mol. The van der Waals surface area contributed by atoms with Crippen molar-refractivity contribution in [3.8, 4) is 0 Å². The smallest absolute Gasteiger partial charge is 0.260 e. The summed E-state index contributed by atoms with van der Waals surface area (Å²) in [5, 5.41) is 0.0956. The standard InChI is InChI=1S/C21H27FN4O2S/c1-24-13-15-25(16-14-24)20-7-4-8-21(23-20)29(27,28)26-11-9-17(10-12-26)18-5-2-3-6-19(18)22/h2-8,17H,9-16H2,1H3. The number of nitrogens with zero attached hydrogens (tertiary/aromatic N) is 4. The molecular weight excluding hydrogens is 391 g/mol. The van der Waals surface area contributed by atoms with E-state index in [0.29, 0.717) is 37.3 Å². The Morgan fingerprint density at radius 3 is 2.31 bits per heavy atom. The molecule has 1 aromatic carbocycles. The van der Waals surface area contributed by atoms with Gasteiger partial charge in [0.25, 0.3) is 10.0 Å². The van der Waals surface area contributed by atoms with Gasteiger partial charge in [0.05, 0.1) is 0 Å². The number of sulfonamides is 1. The highest BCUT2D eigenvalue weighted by molar-refractivity contribution is 7.89. The molecule has 0 spiro atoms. The second-order valence-electron chi connectivity index (χ2n) is 7.82. The first-order valence-corrected chi connectivity index (χ1v) is 11.5. The van der Waals surface area contributed by atoms with Crippen molar-refractivity contribution in [1.82, 2.24) is 14.2 Å². The molecule has 2 aromatic rings. The molecular formula is C21H27FN4O2S. The Kier molecular flexibility index (Phi) is 5.85. The van der Waals surface area contributed by atoms with Crippen molar-refractivity contribution in [2.75, 3.05) is 51.2 Å². The largest absolute Gasteiger partial charge is 0.354 e. The third kappa shape index (κ3) is 4.29. The van der Waals surface area contributed by atoms with Gasteiger partial charge in [0.15, 0.2) is 5.03 Å². The Balaban J connectivity index is 1.47. The number of rotatable bonds is 4. The van der Waals surface area contributed by atoms with Crippen LogP contribution >= 0.6 is 0 Å². The number of hydrogen-bond donors (Lipinski definition) is 0. The summed E-state index contributed by atoms with van der Waals surface area (Å²) >= 11 is 0. The van der Waals surface area contributed by atoms with Gasteiger partial charge in [-0.3, -0.25) is 0 Å². The van der Waals surface area contributed by atoms with E-state index < -0.39 is 10.0 Å². The first-order valence-electron chi connectivity index (χ1n) is 10.1. The lowest BCUT2D eigenvalue weighted by Gasteiger charge is -2.34. The third-order valence-corrected chi connectivity index (χ3v) is 7.74. The number of piperidine rings is 1. The van der Waals surface area contributed by atoms with Crippen molar-refractivity contribution in [3.05, 3.63) is 53.8 Å². The zero-order valence-corrected chi connectivity index (χ0v) is 17.5. The molecule has 0 aliphatic carbocycles. The summed E-state index contributed by atoms with van der Waals surface area (Å²) in [7, 11) is -1.58. The number of aromatic nitrogens is 1. The summed E-state index contributed by atoms with van der Waals surface area (Å²) in [6.07, 6.45) is 1.22. The fourth-order valence-corrected chi connectivity index (χ4v) is 5.52. The molecule has 0 saturated carbocycles. The first-order chi connectivity index (χ1) is 13.9. The molecule has 8 heteroatoms. The van der Waals surface area contributed by atoms with Gasteiger partial charge in [-0.2, -0.15) is 4.31 Å². The Labute approximate surface area is 172 Å². The van der Waals surface area contributed by atoms with Crippen molar-refractivity contribution in [3.63, 3.8) is 0 Å². The fourth-order valence-electron chi connectivity index (χ4n) is 4.10. The van der Waals surface area contributed by atoms with Gasteiger partial charge in [0, 0.05) is 39.3 Å². The van der Waals surface area contributed by atoms with Crippen LogP contribution in [0, 0.1) is 5.82 Å². The lowest BCUT2D eigenvalue weighted by Crippen LogP contribution is -2.45. The van der Waals surface area contributed by atoms with Crippen molar-refractivity contribution in [2.24, 2.45) is 0 Å². The van der Waals surface area contributed by atoms with E-state index in [-0.39, 0.29) is 16.8 Å². The first kappa shape index (κ1) is 20.3. The maximum absolute atomic E-state index is 14.1. The minimum absolute atomic E-state index is 0.0484. The van der Waals surface area contributed by atoms with E-state index in [4.69, 9.17) is 0 Å². The van der Waals surface area contributed by atoms with Crippen LogP contribution in [0.5, 0.6) is 0 Å². The van der Waals surface area contributed by atoms with E-state index in [1.807, 2.05) is 12.1 Å². The molecule has 3 heterocycles. The normalized spacial score (nSPS) is 20.1. The molecule has 156 valence electrons. The molecule has 0 atom stereocenters. The molecule has 1 aromatic heterocycles. The molecule has 0 unspecified atom stereocenters. The molecule has 4 rings (SSSR count). The van der Waals surface area contributed by atoms with Crippen molar-refractivity contribution >= 4 is 15.8 Å². The van der Waals surface area contributed by atoms with Gasteiger partial charge in [-0.25, -0.2) is 17.8 Å². The Morgan fingerprint density at radius 1 is 0.931 bits per heavy atom. The summed E-state index contributed by atoms with van der Waals surface area (Å²) in [6, 6.07) is 12.0. The van der Waals surface area contributed by atoms with Crippen LogP contribution in [-0.2, 0) is 10.0 Å². The zero-order valence-electron chi connectivity index (χ0n) is 16.7. The van der Waals surface area contributed by atoms with E-state index in [0.717, 1.165) is 26.2 Å². The number of piperazine rings is 1. The lowest BCUT2D eigenvalue weighted by molar-refractivity contribution is 0.311. The lowest BCUT2D eigenvalue weighted by atomic mass is 9.90. The second-order valence-corrected chi connectivity index (χ2v) is 9.71. The number of halogens is 1. The van der Waals surface area contributed by atoms with Crippen LogP contribution in [0.2, 0.25) is 0 Å². The van der Waals surface area contributed by atoms with Crippen LogP contribution in [0.25, 0.3) is 0 Å². The Bertz CT molecular complexity index is 953. The fraction of sp³-hybridized carbons (Fsp3) is 0.476. The molecule has 29 heavy (non-hydrogen) atoms. The van der Waals surface area contributed by atoms with Gasteiger partial charge >= 0.3 is 0 Å². The van der Waals surface area contributed by atoms with Gasteiger partial charge in [-0.1, -0.05) is 24.3 Å². The average Bonchev–Trinajstić information content (AvgIpc) is 2.75. The monoisotopic (exact) mass is 418 g/mol. The topological polar surface area (TPSA) is 56.8 Å². The molecule has 2 aliphatic heterocycles. The molecule has 0 N–H and O–H groups in total. The number of anilines is 1. The Hall–Kier alpha value is -2.03. The maximum Gasteiger partial charge on any atom is 0.260 e. The second kappa shape index (κ2) is 8.38. The maximum atomic E-state index is 14.1. The van der Waals surface area contributed by atoms with Crippen LogP contribution in [0.3, 0.4) is 0 Å².